The average Bonchev–Trinajstić information content (AvgIpc) is 2.61. The number of rotatable bonds is 5. The quantitative estimate of drug-likeness (QED) is 0.825. The average molecular weight is 355 g/mol. The monoisotopic (exact) mass is 355 g/mol. The van der Waals surface area contributed by atoms with Gasteiger partial charge in [0.2, 0.25) is 5.91 Å². The third-order valence-electron chi connectivity index (χ3n) is 4.50. The molecule has 2 heterocycles. The summed E-state index contributed by atoms with van der Waals surface area (Å²) in [6.07, 6.45) is 2.06. The van der Waals surface area contributed by atoms with Crippen LogP contribution in [0.4, 0.5) is 0 Å². The number of amides is 1. The molecule has 6 nitrogen and oxygen atoms in total. The largest absolute Gasteiger partial charge is 0.496 e. The normalized spacial score (nSPS) is 17.0. The number of methoxy groups -OCH3 is 1. The van der Waals surface area contributed by atoms with E-state index < -0.39 is 0 Å². The zero-order chi connectivity index (χ0) is 18.5. The number of likely N-dealkylation sites (tertiary alicyclic amines) is 1. The van der Waals surface area contributed by atoms with Gasteiger partial charge >= 0.3 is 6.01 Å². The maximum atomic E-state index is 12.7. The summed E-state index contributed by atoms with van der Waals surface area (Å²) in [4.78, 5) is 23.3. The summed E-state index contributed by atoms with van der Waals surface area (Å²) >= 11 is 0. The SMILES string of the molecule is COc1ccccc1CC(=O)N1CCCC(Oc2nc(C)cc(C)n2)C1. The second-order valence-corrected chi connectivity index (χ2v) is 6.64. The third-order valence-corrected chi connectivity index (χ3v) is 4.50. The molecule has 6 heteroatoms. The highest BCUT2D eigenvalue weighted by Crippen LogP contribution is 2.21. The Morgan fingerprint density at radius 3 is 2.69 bits per heavy atom. The molecule has 0 aliphatic carbocycles. The molecule has 1 amide bonds. The van der Waals surface area contributed by atoms with E-state index >= 15 is 0 Å². The van der Waals surface area contributed by atoms with Crippen LogP contribution < -0.4 is 9.47 Å². The molecule has 1 aliphatic heterocycles. The first-order valence-corrected chi connectivity index (χ1v) is 8.94. The van der Waals surface area contributed by atoms with Gasteiger partial charge in [-0.25, -0.2) is 9.97 Å². The number of ether oxygens (including phenoxy) is 2. The minimum atomic E-state index is -0.0773. The number of piperidine rings is 1. The fourth-order valence-corrected chi connectivity index (χ4v) is 3.28. The minimum Gasteiger partial charge on any atom is -0.496 e. The third kappa shape index (κ3) is 4.50. The van der Waals surface area contributed by atoms with Gasteiger partial charge in [0.25, 0.3) is 0 Å². The van der Waals surface area contributed by atoms with Crippen LogP contribution in [0.3, 0.4) is 0 Å². The lowest BCUT2D eigenvalue weighted by Crippen LogP contribution is -2.45. The van der Waals surface area contributed by atoms with E-state index in [0.717, 1.165) is 42.1 Å². The van der Waals surface area contributed by atoms with E-state index in [1.165, 1.54) is 0 Å². The number of hydrogen-bond donors (Lipinski definition) is 0. The van der Waals surface area contributed by atoms with Crippen LogP contribution in [-0.2, 0) is 11.2 Å². The topological polar surface area (TPSA) is 64.5 Å². The molecule has 2 aromatic rings. The van der Waals surface area contributed by atoms with Gasteiger partial charge in [-0.3, -0.25) is 4.79 Å². The Balaban J connectivity index is 1.63. The predicted octanol–water partition coefficient (Wildman–Crippen LogP) is 2.71. The molecule has 1 unspecified atom stereocenters. The van der Waals surface area contributed by atoms with Crippen LogP contribution in [0, 0.1) is 13.8 Å². The van der Waals surface area contributed by atoms with E-state index in [-0.39, 0.29) is 12.0 Å². The second-order valence-electron chi connectivity index (χ2n) is 6.64. The zero-order valence-corrected chi connectivity index (χ0v) is 15.6. The van der Waals surface area contributed by atoms with Gasteiger partial charge in [0.1, 0.15) is 11.9 Å². The highest BCUT2D eigenvalue weighted by molar-refractivity contribution is 5.79. The maximum absolute atomic E-state index is 12.7. The van der Waals surface area contributed by atoms with Crippen molar-refractivity contribution in [1.82, 2.24) is 14.9 Å². The van der Waals surface area contributed by atoms with Crippen LogP contribution in [0.1, 0.15) is 29.8 Å². The van der Waals surface area contributed by atoms with Crippen molar-refractivity contribution in [3.63, 3.8) is 0 Å². The van der Waals surface area contributed by atoms with Gasteiger partial charge in [-0.15, -0.1) is 0 Å². The first-order valence-electron chi connectivity index (χ1n) is 8.94. The summed E-state index contributed by atoms with van der Waals surface area (Å²) in [6, 6.07) is 9.94. The summed E-state index contributed by atoms with van der Waals surface area (Å²) in [5.74, 6) is 0.832. The highest BCUT2D eigenvalue weighted by Gasteiger charge is 2.26. The van der Waals surface area contributed by atoms with Crippen LogP contribution >= 0.6 is 0 Å². The minimum absolute atomic E-state index is 0.0773. The van der Waals surface area contributed by atoms with E-state index in [1.807, 2.05) is 49.1 Å². The molecular weight excluding hydrogens is 330 g/mol. The van der Waals surface area contributed by atoms with Crippen LogP contribution in [0.2, 0.25) is 0 Å². The number of para-hydroxylation sites is 1. The van der Waals surface area contributed by atoms with Crippen molar-refractivity contribution in [1.29, 1.82) is 0 Å². The Labute approximate surface area is 154 Å². The number of hydrogen-bond acceptors (Lipinski definition) is 5. The molecule has 1 aliphatic rings. The van der Waals surface area contributed by atoms with Crippen LogP contribution in [0.25, 0.3) is 0 Å². The lowest BCUT2D eigenvalue weighted by Gasteiger charge is -2.32. The molecule has 0 N–H and O–H groups in total. The van der Waals surface area contributed by atoms with E-state index in [0.29, 0.717) is 19.0 Å². The fraction of sp³-hybridized carbons (Fsp3) is 0.450. The van der Waals surface area contributed by atoms with E-state index in [2.05, 4.69) is 9.97 Å². The van der Waals surface area contributed by atoms with E-state index in [1.54, 1.807) is 7.11 Å². The number of carbonyl (C=O) groups is 1. The molecule has 26 heavy (non-hydrogen) atoms. The number of aryl methyl sites for hydroxylation is 2. The highest BCUT2D eigenvalue weighted by atomic mass is 16.5. The Morgan fingerprint density at radius 1 is 1.23 bits per heavy atom. The molecule has 1 aromatic carbocycles. The second kappa shape index (κ2) is 8.17. The standard InChI is InChI=1S/C20H25N3O3/c1-14-11-15(2)22-20(21-14)26-17-8-6-10-23(13-17)19(24)12-16-7-4-5-9-18(16)25-3/h4-5,7,9,11,17H,6,8,10,12-13H2,1-3H3. The van der Waals surface area contributed by atoms with Crippen molar-refractivity contribution < 1.29 is 14.3 Å². The summed E-state index contributed by atoms with van der Waals surface area (Å²) in [5, 5.41) is 0. The van der Waals surface area contributed by atoms with Gasteiger partial charge in [-0.05, 0) is 38.8 Å². The molecule has 1 aromatic heterocycles. The Bertz CT molecular complexity index is 758. The number of nitrogens with zero attached hydrogens (tertiary/aromatic N) is 3. The molecule has 1 fully saturated rings. The van der Waals surface area contributed by atoms with Gasteiger partial charge in [0, 0.05) is 23.5 Å². The van der Waals surface area contributed by atoms with E-state index in [9.17, 15) is 4.79 Å². The van der Waals surface area contributed by atoms with Gasteiger partial charge in [-0.2, -0.15) is 0 Å². The Hall–Kier alpha value is -2.63. The molecular formula is C20H25N3O3. The number of aromatic nitrogens is 2. The van der Waals surface area contributed by atoms with Crippen LogP contribution in [-0.4, -0.2) is 47.1 Å². The van der Waals surface area contributed by atoms with Gasteiger partial charge in [0.15, 0.2) is 0 Å². The molecule has 0 bridgehead atoms. The number of benzene rings is 1. The first kappa shape index (κ1) is 18.2. The summed E-state index contributed by atoms with van der Waals surface area (Å²) in [5.41, 5.74) is 2.67. The van der Waals surface area contributed by atoms with Gasteiger partial charge in [-0.1, -0.05) is 18.2 Å². The van der Waals surface area contributed by atoms with Crippen molar-refractivity contribution in [2.24, 2.45) is 0 Å². The van der Waals surface area contributed by atoms with Crippen molar-refractivity contribution in [2.45, 2.75) is 39.2 Å². The predicted molar refractivity (Wildman–Crippen MR) is 98.4 cm³/mol. The molecule has 0 radical (unpaired) electrons. The summed E-state index contributed by atoms with van der Waals surface area (Å²) in [7, 11) is 1.62. The maximum Gasteiger partial charge on any atom is 0.317 e. The summed E-state index contributed by atoms with van der Waals surface area (Å²) in [6.45, 7) is 5.16. The lowest BCUT2D eigenvalue weighted by molar-refractivity contribution is -0.133. The van der Waals surface area contributed by atoms with Crippen molar-refractivity contribution in [3.8, 4) is 11.8 Å². The molecule has 3 rings (SSSR count). The van der Waals surface area contributed by atoms with Gasteiger partial charge < -0.3 is 14.4 Å². The van der Waals surface area contributed by atoms with Crippen molar-refractivity contribution in [3.05, 3.63) is 47.3 Å². The van der Waals surface area contributed by atoms with Crippen molar-refractivity contribution >= 4 is 5.91 Å². The van der Waals surface area contributed by atoms with Crippen LogP contribution in [0.5, 0.6) is 11.8 Å². The molecule has 1 atom stereocenters. The van der Waals surface area contributed by atoms with Gasteiger partial charge in [0.05, 0.1) is 20.1 Å². The lowest BCUT2D eigenvalue weighted by atomic mass is 10.1. The Morgan fingerprint density at radius 2 is 1.96 bits per heavy atom. The van der Waals surface area contributed by atoms with E-state index in [4.69, 9.17) is 9.47 Å². The molecule has 1 saturated heterocycles. The first-order chi connectivity index (χ1) is 12.5. The Kier molecular flexibility index (Phi) is 5.71. The van der Waals surface area contributed by atoms with Crippen LogP contribution in [0.15, 0.2) is 30.3 Å². The zero-order valence-electron chi connectivity index (χ0n) is 15.6. The molecule has 0 saturated carbocycles. The van der Waals surface area contributed by atoms with Crippen molar-refractivity contribution in [2.75, 3.05) is 20.2 Å². The summed E-state index contributed by atoms with van der Waals surface area (Å²) < 4.78 is 11.3. The smallest absolute Gasteiger partial charge is 0.317 e. The molecule has 0 spiro atoms. The number of carbonyl (C=O) groups excluding carboxylic acids is 1. The fourth-order valence-electron chi connectivity index (χ4n) is 3.28. The molecule has 138 valence electrons.